The zero-order valence-corrected chi connectivity index (χ0v) is 28.4. The van der Waals surface area contributed by atoms with E-state index >= 15 is 0 Å². The number of carbonyl (C=O) groups excluding carboxylic acids is 1. The first-order chi connectivity index (χ1) is 22.3. The van der Waals surface area contributed by atoms with Crippen molar-refractivity contribution < 1.29 is 23.4 Å². The quantitative estimate of drug-likeness (QED) is 0.0556. The number of fused-ring (bicyclic) bond motifs is 1. The number of azo groups is 1. The molecular weight excluding hydrogens is 704 g/mol. The van der Waals surface area contributed by atoms with E-state index in [0.29, 0.717) is 48.2 Å². The van der Waals surface area contributed by atoms with Gasteiger partial charge in [-0.15, -0.1) is 48.1 Å². The average Bonchev–Trinajstić information content (AvgIpc) is 2.97. The zero-order chi connectivity index (χ0) is 33.9. The van der Waals surface area contributed by atoms with Crippen molar-refractivity contribution in [2.24, 2.45) is 10.2 Å². The normalized spacial score (nSPS) is 11.6. The fraction of sp³-hybridized carbons (Fsp3) is 0.103. The van der Waals surface area contributed by atoms with Crippen LogP contribution in [0.1, 0.15) is 6.92 Å². The van der Waals surface area contributed by atoms with E-state index in [2.05, 4.69) is 79.0 Å². The number of aliphatic hydroxyl groups is 1. The van der Waals surface area contributed by atoms with Gasteiger partial charge in [0.1, 0.15) is 11.4 Å². The molecule has 18 heteroatoms. The third-order valence-corrected chi connectivity index (χ3v) is 9.24. The summed E-state index contributed by atoms with van der Waals surface area (Å²) in [5.74, 6) is -0.764. The molecule has 0 saturated carbocycles. The van der Waals surface area contributed by atoms with Gasteiger partial charge in [0.05, 0.1) is 22.9 Å². The SMILES string of the molecule is CC(=O)Nc1cc(S)cc2cc(S)c(N=Nc3cc(Nc4nc(Cl)nc(Nc5ccc(S(=O)(=O)CCO)cc5)n4)ccc3S)c(O)c12. The van der Waals surface area contributed by atoms with Crippen molar-refractivity contribution in [1.82, 2.24) is 15.0 Å². The number of phenolic OH excluding ortho intramolecular Hbond substituents is 1. The van der Waals surface area contributed by atoms with Crippen molar-refractivity contribution in [3.63, 3.8) is 0 Å². The molecule has 4 aromatic carbocycles. The van der Waals surface area contributed by atoms with Crippen LogP contribution in [0.2, 0.25) is 5.28 Å². The van der Waals surface area contributed by atoms with Crippen LogP contribution in [-0.4, -0.2) is 51.8 Å². The Morgan fingerprint density at radius 2 is 1.55 bits per heavy atom. The Balaban J connectivity index is 1.39. The van der Waals surface area contributed by atoms with E-state index in [9.17, 15) is 18.3 Å². The first-order valence-electron chi connectivity index (χ1n) is 13.5. The number of thiol groups is 3. The Kier molecular flexibility index (Phi) is 10.4. The Morgan fingerprint density at radius 1 is 0.894 bits per heavy atom. The van der Waals surface area contributed by atoms with Crippen LogP contribution < -0.4 is 16.0 Å². The minimum absolute atomic E-state index is 0.0666. The summed E-state index contributed by atoms with van der Waals surface area (Å²) >= 11 is 19.5. The minimum Gasteiger partial charge on any atom is -0.505 e. The molecule has 0 fully saturated rings. The van der Waals surface area contributed by atoms with Gasteiger partial charge in [0.25, 0.3) is 0 Å². The van der Waals surface area contributed by atoms with Crippen molar-refractivity contribution >= 4 is 116 Å². The number of amides is 1. The average molecular weight is 729 g/mol. The summed E-state index contributed by atoms with van der Waals surface area (Å²) in [6.07, 6.45) is 0. The van der Waals surface area contributed by atoms with Crippen LogP contribution in [0.5, 0.6) is 5.75 Å². The number of halogens is 1. The monoisotopic (exact) mass is 728 g/mol. The number of aromatic hydroxyl groups is 1. The summed E-state index contributed by atoms with van der Waals surface area (Å²) in [5.41, 5.74) is 1.74. The molecule has 5 aromatic rings. The van der Waals surface area contributed by atoms with Gasteiger partial charge in [-0.2, -0.15) is 15.0 Å². The molecule has 47 heavy (non-hydrogen) atoms. The summed E-state index contributed by atoms with van der Waals surface area (Å²) in [7, 11) is -3.60. The first kappa shape index (κ1) is 34.2. The number of nitrogens with one attached hydrogen (secondary N) is 3. The van der Waals surface area contributed by atoms with Crippen molar-refractivity contribution in [2.75, 3.05) is 28.3 Å². The number of anilines is 5. The van der Waals surface area contributed by atoms with Gasteiger partial charge in [-0.3, -0.25) is 4.79 Å². The Labute approximate surface area is 290 Å². The van der Waals surface area contributed by atoms with E-state index in [4.69, 9.17) is 16.7 Å². The lowest BCUT2D eigenvalue weighted by Gasteiger charge is -2.13. The van der Waals surface area contributed by atoms with Gasteiger partial charge < -0.3 is 26.2 Å². The number of aromatic nitrogens is 3. The second-order valence-electron chi connectivity index (χ2n) is 9.84. The van der Waals surface area contributed by atoms with Crippen LogP contribution in [0.25, 0.3) is 10.8 Å². The lowest BCUT2D eigenvalue weighted by atomic mass is 10.1. The van der Waals surface area contributed by atoms with Crippen molar-refractivity contribution in [3.05, 3.63) is 65.9 Å². The van der Waals surface area contributed by atoms with Crippen molar-refractivity contribution in [2.45, 2.75) is 26.5 Å². The maximum absolute atomic E-state index is 12.2. The Hall–Kier alpha value is -4.13. The van der Waals surface area contributed by atoms with Gasteiger partial charge in [0.15, 0.2) is 15.6 Å². The lowest BCUT2D eigenvalue weighted by molar-refractivity contribution is -0.114. The summed E-state index contributed by atoms with van der Waals surface area (Å²) in [6.45, 7) is 0.877. The molecular formula is C29H25ClN8O5S4. The number of phenols is 1. The molecule has 1 heterocycles. The molecule has 0 spiro atoms. The molecule has 1 amide bonds. The Morgan fingerprint density at radius 3 is 2.21 bits per heavy atom. The fourth-order valence-electron chi connectivity index (χ4n) is 4.36. The summed E-state index contributed by atoms with van der Waals surface area (Å²) in [5, 5.41) is 38.2. The number of hydrogen-bond acceptors (Lipinski definition) is 15. The molecule has 0 aliphatic rings. The van der Waals surface area contributed by atoms with E-state index in [1.54, 1.807) is 36.4 Å². The smallest absolute Gasteiger partial charge is 0.233 e. The summed E-state index contributed by atoms with van der Waals surface area (Å²) < 4.78 is 24.3. The van der Waals surface area contributed by atoms with Gasteiger partial charge in [0, 0.05) is 38.4 Å². The molecule has 242 valence electrons. The van der Waals surface area contributed by atoms with Crippen molar-refractivity contribution in [3.8, 4) is 5.75 Å². The van der Waals surface area contributed by atoms with Crippen LogP contribution >= 0.6 is 49.5 Å². The second-order valence-corrected chi connectivity index (χ2v) is 13.8. The van der Waals surface area contributed by atoms with Gasteiger partial charge >= 0.3 is 0 Å². The molecule has 0 bridgehead atoms. The Bertz CT molecular complexity index is 2150. The highest BCUT2D eigenvalue weighted by Crippen LogP contribution is 2.45. The highest BCUT2D eigenvalue weighted by molar-refractivity contribution is 7.91. The van der Waals surface area contributed by atoms with Crippen LogP contribution in [-0.2, 0) is 14.6 Å². The maximum Gasteiger partial charge on any atom is 0.233 e. The number of carbonyl (C=O) groups is 1. The van der Waals surface area contributed by atoms with Crippen LogP contribution in [0.3, 0.4) is 0 Å². The van der Waals surface area contributed by atoms with Gasteiger partial charge in [-0.25, -0.2) is 8.42 Å². The molecule has 0 saturated heterocycles. The predicted molar refractivity (Wildman–Crippen MR) is 189 cm³/mol. The lowest BCUT2D eigenvalue weighted by Crippen LogP contribution is -2.10. The van der Waals surface area contributed by atoms with Gasteiger partial charge in [-0.1, -0.05) is 0 Å². The maximum atomic E-state index is 12.2. The first-order valence-corrected chi connectivity index (χ1v) is 16.8. The third-order valence-electron chi connectivity index (χ3n) is 6.39. The zero-order valence-electron chi connectivity index (χ0n) is 24.2. The standard InChI is InChI=1S/C29H25ClN8O5S4/c1-14(40)31-21-13-18(44)10-15-11-23(46)25(26(41)24(15)21)38-37-20-12-17(4-7-22(20)45)33-29-35-27(30)34-28(36-29)32-16-2-5-19(6-3-16)47(42,43)9-8-39/h2-7,10-13,39,41,44-46H,8-9H2,1H3,(H,31,40)(H2,32,33,34,35,36). The molecule has 0 aliphatic carbocycles. The summed E-state index contributed by atoms with van der Waals surface area (Å²) in [4.78, 5) is 25.7. The number of hydrogen-bond donors (Lipinski definition) is 8. The van der Waals surface area contributed by atoms with E-state index < -0.39 is 16.4 Å². The molecule has 0 atom stereocenters. The summed E-state index contributed by atoms with van der Waals surface area (Å²) in [6, 6.07) is 15.9. The molecule has 1 aromatic heterocycles. The molecule has 0 radical (unpaired) electrons. The number of aliphatic hydroxyl groups excluding tert-OH is 1. The molecule has 0 aliphatic heterocycles. The predicted octanol–water partition coefficient (Wildman–Crippen LogP) is 6.88. The molecule has 13 nitrogen and oxygen atoms in total. The topological polar surface area (TPSA) is 191 Å². The molecule has 0 unspecified atom stereocenters. The molecule has 5 rings (SSSR count). The van der Waals surface area contributed by atoms with Crippen molar-refractivity contribution in [1.29, 1.82) is 0 Å². The highest BCUT2D eigenvalue weighted by atomic mass is 35.5. The fourth-order valence-corrected chi connectivity index (χ4v) is 6.29. The van der Waals surface area contributed by atoms with E-state index in [-0.39, 0.29) is 45.2 Å². The number of sulfone groups is 1. The van der Waals surface area contributed by atoms with E-state index in [0.717, 1.165) is 0 Å². The number of nitrogens with zero attached hydrogens (tertiary/aromatic N) is 5. The molecule has 5 N–H and O–H groups in total. The largest absolute Gasteiger partial charge is 0.505 e. The highest BCUT2D eigenvalue weighted by Gasteiger charge is 2.17. The van der Waals surface area contributed by atoms with Gasteiger partial charge in [-0.05, 0) is 77.7 Å². The number of rotatable bonds is 10. The minimum atomic E-state index is -3.60. The van der Waals surface area contributed by atoms with Crippen LogP contribution in [0.15, 0.2) is 90.5 Å². The second kappa shape index (κ2) is 14.3. The van der Waals surface area contributed by atoms with E-state index in [1.165, 1.54) is 31.2 Å². The number of benzene rings is 4. The third kappa shape index (κ3) is 8.24. The van der Waals surface area contributed by atoms with Gasteiger partial charge in [0.2, 0.25) is 23.1 Å². The van der Waals surface area contributed by atoms with Crippen LogP contribution in [0, 0.1) is 0 Å². The van der Waals surface area contributed by atoms with Crippen LogP contribution in [0.4, 0.5) is 40.3 Å². The van der Waals surface area contributed by atoms with E-state index in [1.807, 2.05) is 0 Å².